The predicted molar refractivity (Wildman–Crippen MR) is 107 cm³/mol. The molecule has 1 aliphatic rings. The van der Waals surface area contributed by atoms with Gasteiger partial charge in [0.1, 0.15) is 0 Å². The quantitative estimate of drug-likeness (QED) is 0.659. The molecule has 0 unspecified atom stereocenters. The van der Waals surface area contributed by atoms with Crippen LogP contribution in [-0.4, -0.2) is 34.0 Å². The lowest BCUT2D eigenvalue weighted by molar-refractivity contribution is 0.0951. The lowest BCUT2D eigenvalue weighted by Gasteiger charge is -2.14. The zero-order valence-electron chi connectivity index (χ0n) is 15.1. The Bertz CT molecular complexity index is 1010. The first-order valence-corrected chi connectivity index (χ1v) is 9.20. The van der Waals surface area contributed by atoms with Crippen LogP contribution in [0.1, 0.15) is 23.2 Å². The average Bonchev–Trinajstić information content (AvgIpc) is 3.53. The first-order chi connectivity index (χ1) is 13.6. The summed E-state index contributed by atoms with van der Waals surface area (Å²) in [5.74, 6) is 1.26. The summed E-state index contributed by atoms with van der Waals surface area (Å²) in [6, 6.07) is 9.22. The molecule has 1 fully saturated rings. The van der Waals surface area contributed by atoms with Gasteiger partial charge in [0.2, 0.25) is 0 Å². The minimum absolute atomic E-state index is 0.163. The van der Waals surface area contributed by atoms with E-state index >= 15 is 0 Å². The first-order valence-electron chi connectivity index (χ1n) is 8.83. The van der Waals surface area contributed by atoms with Crippen molar-refractivity contribution in [1.29, 1.82) is 0 Å². The van der Waals surface area contributed by atoms with E-state index in [0.717, 1.165) is 18.4 Å². The minimum atomic E-state index is -0.163. The third kappa shape index (κ3) is 4.04. The number of nitrogens with one attached hydrogen (secondary N) is 2. The molecule has 2 aromatic heterocycles. The van der Waals surface area contributed by atoms with E-state index in [4.69, 9.17) is 16.3 Å². The lowest BCUT2D eigenvalue weighted by Crippen LogP contribution is -2.26. The number of pyridine rings is 1. The molecule has 2 N–H and O–H groups in total. The highest BCUT2D eigenvalue weighted by molar-refractivity contribution is 6.30. The monoisotopic (exact) mass is 395 g/mol. The van der Waals surface area contributed by atoms with Crippen molar-refractivity contribution in [3.63, 3.8) is 0 Å². The number of halogens is 1. The summed E-state index contributed by atoms with van der Waals surface area (Å²) >= 11 is 5.96. The van der Waals surface area contributed by atoms with Crippen molar-refractivity contribution in [1.82, 2.24) is 20.3 Å². The number of aromatic nitrogens is 3. The second kappa shape index (κ2) is 7.82. The predicted octanol–water partition coefficient (Wildman–Crippen LogP) is 3.84. The van der Waals surface area contributed by atoms with Gasteiger partial charge in [-0.3, -0.25) is 9.78 Å². The molecule has 0 spiro atoms. The number of amides is 1. The summed E-state index contributed by atoms with van der Waals surface area (Å²) in [5.41, 5.74) is 1.85. The SMILES string of the molecule is COc1cnc(-c2ccc(Cl)cc2)nc1Nc1ccncc1C(=O)NC1CC1. The molecule has 1 aliphatic carbocycles. The van der Waals surface area contributed by atoms with Crippen molar-refractivity contribution in [2.45, 2.75) is 18.9 Å². The van der Waals surface area contributed by atoms with Crippen molar-refractivity contribution in [3.05, 3.63) is 59.5 Å². The molecule has 0 radical (unpaired) electrons. The van der Waals surface area contributed by atoms with E-state index in [9.17, 15) is 4.79 Å². The Labute approximate surface area is 167 Å². The highest BCUT2D eigenvalue weighted by Crippen LogP contribution is 2.29. The van der Waals surface area contributed by atoms with Gasteiger partial charge in [-0.2, -0.15) is 0 Å². The largest absolute Gasteiger partial charge is 0.491 e. The molecule has 0 bridgehead atoms. The van der Waals surface area contributed by atoms with Crippen molar-refractivity contribution in [2.24, 2.45) is 0 Å². The highest BCUT2D eigenvalue weighted by Gasteiger charge is 2.25. The molecule has 28 heavy (non-hydrogen) atoms. The molecular weight excluding hydrogens is 378 g/mol. The molecule has 8 heteroatoms. The molecule has 1 amide bonds. The summed E-state index contributed by atoms with van der Waals surface area (Å²) in [4.78, 5) is 25.5. The molecule has 1 saturated carbocycles. The highest BCUT2D eigenvalue weighted by atomic mass is 35.5. The average molecular weight is 396 g/mol. The Kier molecular flexibility index (Phi) is 5.08. The maximum Gasteiger partial charge on any atom is 0.255 e. The van der Waals surface area contributed by atoms with Gasteiger partial charge in [0.15, 0.2) is 17.4 Å². The van der Waals surface area contributed by atoms with Crippen LogP contribution in [-0.2, 0) is 0 Å². The Balaban J connectivity index is 1.66. The standard InChI is InChI=1S/C20H18ClN5O2/c1-28-17-11-23-18(12-2-4-13(21)5-3-12)26-19(17)25-16-8-9-22-10-15(16)20(27)24-14-6-7-14/h2-5,8-11,14H,6-7H2,1H3,(H,24,27)(H,22,23,25,26). The van der Waals surface area contributed by atoms with E-state index in [-0.39, 0.29) is 11.9 Å². The van der Waals surface area contributed by atoms with Crippen LogP contribution in [0.25, 0.3) is 11.4 Å². The number of hydrogen-bond acceptors (Lipinski definition) is 6. The molecule has 7 nitrogen and oxygen atoms in total. The zero-order chi connectivity index (χ0) is 19.5. The Morgan fingerprint density at radius 3 is 2.68 bits per heavy atom. The van der Waals surface area contributed by atoms with Gasteiger partial charge in [0.05, 0.1) is 24.6 Å². The van der Waals surface area contributed by atoms with E-state index in [1.807, 2.05) is 12.1 Å². The van der Waals surface area contributed by atoms with Gasteiger partial charge >= 0.3 is 0 Å². The topological polar surface area (TPSA) is 89.0 Å². The van der Waals surface area contributed by atoms with E-state index < -0.39 is 0 Å². The summed E-state index contributed by atoms with van der Waals surface area (Å²) < 4.78 is 5.38. The maximum absolute atomic E-state index is 12.5. The molecule has 2 heterocycles. The number of methoxy groups -OCH3 is 1. The normalized spacial score (nSPS) is 13.1. The van der Waals surface area contributed by atoms with E-state index in [0.29, 0.717) is 33.7 Å². The van der Waals surface area contributed by atoms with Gasteiger partial charge < -0.3 is 15.4 Å². The van der Waals surface area contributed by atoms with Crippen LogP contribution < -0.4 is 15.4 Å². The van der Waals surface area contributed by atoms with Gasteiger partial charge in [-0.15, -0.1) is 0 Å². The number of rotatable bonds is 6. The fourth-order valence-electron chi connectivity index (χ4n) is 2.65. The zero-order valence-corrected chi connectivity index (χ0v) is 15.9. The molecule has 0 saturated heterocycles. The van der Waals surface area contributed by atoms with Crippen LogP contribution in [0.3, 0.4) is 0 Å². The van der Waals surface area contributed by atoms with Gasteiger partial charge in [-0.25, -0.2) is 9.97 Å². The Hall–Kier alpha value is -3.19. The lowest BCUT2D eigenvalue weighted by atomic mass is 10.2. The molecule has 4 rings (SSSR count). The van der Waals surface area contributed by atoms with Gasteiger partial charge in [0.25, 0.3) is 5.91 Å². The van der Waals surface area contributed by atoms with Gasteiger partial charge in [0, 0.05) is 29.0 Å². The van der Waals surface area contributed by atoms with Crippen molar-refractivity contribution in [3.8, 4) is 17.1 Å². The second-order valence-electron chi connectivity index (χ2n) is 6.41. The van der Waals surface area contributed by atoms with Crippen LogP contribution in [0, 0.1) is 0 Å². The van der Waals surface area contributed by atoms with Crippen molar-refractivity contribution < 1.29 is 9.53 Å². The molecular formula is C20H18ClN5O2. The Morgan fingerprint density at radius 1 is 1.18 bits per heavy atom. The number of hydrogen-bond donors (Lipinski definition) is 2. The summed E-state index contributed by atoms with van der Waals surface area (Å²) in [7, 11) is 1.54. The second-order valence-corrected chi connectivity index (χ2v) is 6.85. The van der Waals surface area contributed by atoms with Crippen molar-refractivity contribution in [2.75, 3.05) is 12.4 Å². The van der Waals surface area contributed by atoms with Crippen LogP contribution in [0.15, 0.2) is 48.9 Å². The Morgan fingerprint density at radius 2 is 1.96 bits per heavy atom. The molecule has 142 valence electrons. The maximum atomic E-state index is 12.5. The summed E-state index contributed by atoms with van der Waals surface area (Å²) in [6.07, 6.45) is 6.76. The third-order valence-electron chi connectivity index (χ3n) is 4.31. The smallest absolute Gasteiger partial charge is 0.255 e. The van der Waals surface area contributed by atoms with E-state index in [1.165, 1.54) is 6.20 Å². The third-order valence-corrected chi connectivity index (χ3v) is 4.56. The summed E-state index contributed by atoms with van der Waals surface area (Å²) in [6.45, 7) is 0. The van der Waals surface area contributed by atoms with Gasteiger partial charge in [-0.05, 0) is 43.2 Å². The minimum Gasteiger partial charge on any atom is -0.491 e. The first kappa shape index (κ1) is 18.2. The number of carbonyl (C=O) groups excluding carboxylic acids is 1. The van der Waals surface area contributed by atoms with Crippen LogP contribution in [0.5, 0.6) is 5.75 Å². The molecule has 0 atom stereocenters. The number of anilines is 2. The molecule has 1 aromatic carbocycles. The molecule has 3 aromatic rings. The van der Waals surface area contributed by atoms with Crippen molar-refractivity contribution >= 4 is 29.0 Å². The van der Waals surface area contributed by atoms with Crippen LogP contribution in [0.2, 0.25) is 5.02 Å². The number of nitrogens with zero attached hydrogens (tertiary/aromatic N) is 3. The van der Waals surface area contributed by atoms with Crippen LogP contribution >= 0.6 is 11.6 Å². The van der Waals surface area contributed by atoms with Crippen LogP contribution in [0.4, 0.5) is 11.5 Å². The number of benzene rings is 1. The fourth-order valence-corrected chi connectivity index (χ4v) is 2.78. The van der Waals surface area contributed by atoms with E-state index in [1.54, 1.807) is 37.7 Å². The fraction of sp³-hybridized carbons (Fsp3) is 0.200. The van der Waals surface area contributed by atoms with E-state index in [2.05, 4.69) is 25.6 Å². The molecule has 0 aliphatic heterocycles. The number of carbonyl (C=O) groups is 1. The summed E-state index contributed by atoms with van der Waals surface area (Å²) in [5, 5.41) is 6.79. The van der Waals surface area contributed by atoms with Gasteiger partial charge in [-0.1, -0.05) is 11.6 Å². The number of ether oxygens (including phenoxy) is 1.